The van der Waals surface area contributed by atoms with Crippen LogP contribution in [0.25, 0.3) is 10.8 Å². The molecule has 0 spiro atoms. The molecule has 0 bridgehead atoms. The molecule has 0 fully saturated rings. The van der Waals surface area contributed by atoms with Crippen molar-refractivity contribution in [3.8, 4) is 5.75 Å². The lowest BCUT2D eigenvalue weighted by Gasteiger charge is -2.37. The monoisotopic (exact) mass is 468 g/mol. The van der Waals surface area contributed by atoms with Crippen molar-refractivity contribution in [2.75, 3.05) is 26.7 Å². The van der Waals surface area contributed by atoms with Crippen LogP contribution in [0.5, 0.6) is 5.75 Å². The number of hydrogen-bond acceptors (Lipinski definition) is 4. The first-order valence-electron chi connectivity index (χ1n) is 12.3. The standard InChI is InChI=1S/C31H36N2O2/c1-31(2,23-33(3)30(25-14-6-4-7-15-25)26-16-8-5-9-17-26)32-21-27(34)22-35-29-20-12-18-24-13-10-11-19-28(24)29/h4-20,27,30,32,34H,21-23H2,1-3H3. The van der Waals surface area contributed by atoms with Gasteiger partial charge in [-0.05, 0) is 43.5 Å². The molecule has 4 heteroatoms. The lowest BCUT2D eigenvalue weighted by molar-refractivity contribution is 0.0942. The van der Waals surface area contributed by atoms with Gasteiger partial charge in [0.25, 0.3) is 0 Å². The van der Waals surface area contributed by atoms with Gasteiger partial charge in [0.15, 0.2) is 0 Å². The molecule has 0 aromatic heterocycles. The summed E-state index contributed by atoms with van der Waals surface area (Å²) in [5.74, 6) is 0.801. The summed E-state index contributed by atoms with van der Waals surface area (Å²) >= 11 is 0. The van der Waals surface area contributed by atoms with Gasteiger partial charge < -0.3 is 15.2 Å². The van der Waals surface area contributed by atoms with Crippen LogP contribution in [0.2, 0.25) is 0 Å². The number of fused-ring (bicyclic) bond motifs is 1. The van der Waals surface area contributed by atoms with E-state index in [1.807, 2.05) is 30.3 Å². The van der Waals surface area contributed by atoms with Crippen LogP contribution >= 0.6 is 0 Å². The van der Waals surface area contributed by atoms with Crippen LogP contribution in [-0.4, -0.2) is 48.4 Å². The highest BCUT2D eigenvalue weighted by atomic mass is 16.5. The van der Waals surface area contributed by atoms with Crippen molar-refractivity contribution in [3.05, 3.63) is 114 Å². The average Bonchev–Trinajstić information content (AvgIpc) is 2.87. The average molecular weight is 469 g/mol. The molecule has 0 saturated carbocycles. The van der Waals surface area contributed by atoms with Gasteiger partial charge in [-0.15, -0.1) is 0 Å². The number of ether oxygens (including phenoxy) is 1. The van der Waals surface area contributed by atoms with Gasteiger partial charge in [0, 0.05) is 24.0 Å². The van der Waals surface area contributed by atoms with Gasteiger partial charge in [0.2, 0.25) is 0 Å². The molecule has 4 nitrogen and oxygen atoms in total. The normalized spacial score (nSPS) is 12.9. The highest BCUT2D eigenvalue weighted by molar-refractivity contribution is 5.88. The fourth-order valence-corrected chi connectivity index (χ4v) is 4.70. The number of benzene rings is 4. The summed E-state index contributed by atoms with van der Waals surface area (Å²) in [7, 11) is 2.16. The van der Waals surface area contributed by atoms with E-state index in [9.17, 15) is 5.11 Å². The van der Waals surface area contributed by atoms with Crippen molar-refractivity contribution in [2.24, 2.45) is 0 Å². The Bertz CT molecular complexity index is 1150. The maximum Gasteiger partial charge on any atom is 0.127 e. The molecule has 0 amide bonds. The zero-order valence-electron chi connectivity index (χ0n) is 20.9. The predicted octanol–water partition coefficient (Wildman–Crippen LogP) is 5.67. The number of β-amino-alcohol motifs (C(OH)–C–C–N with tert-alkyl or cyclic N) is 1. The van der Waals surface area contributed by atoms with Gasteiger partial charge in [0.1, 0.15) is 18.5 Å². The first kappa shape index (κ1) is 24.9. The minimum absolute atomic E-state index is 0.151. The number of nitrogens with one attached hydrogen (secondary N) is 1. The molecular weight excluding hydrogens is 432 g/mol. The highest BCUT2D eigenvalue weighted by Gasteiger charge is 2.26. The molecule has 35 heavy (non-hydrogen) atoms. The third-order valence-electron chi connectivity index (χ3n) is 6.31. The second kappa shape index (κ2) is 11.5. The second-order valence-corrected chi connectivity index (χ2v) is 9.85. The van der Waals surface area contributed by atoms with Crippen LogP contribution in [0.1, 0.15) is 31.0 Å². The van der Waals surface area contributed by atoms with Crippen LogP contribution in [0.15, 0.2) is 103 Å². The molecule has 4 rings (SSSR count). The first-order chi connectivity index (χ1) is 16.9. The van der Waals surface area contributed by atoms with E-state index < -0.39 is 6.10 Å². The van der Waals surface area contributed by atoms with Gasteiger partial charge in [-0.1, -0.05) is 97.1 Å². The van der Waals surface area contributed by atoms with Crippen LogP contribution in [0.4, 0.5) is 0 Å². The summed E-state index contributed by atoms with van der Waals surface area (Å²) in [6.07, 6.45) is -0.613. The highest BCUT2D eigenvalue weighted by Crippen LogP contribution is 2.29. The number of aliphatic hydroxyl groups excluding tert-OH is 1. The van der Waals surface area contributed by atoms with E-state index in [4.69, 9.17) is 4.74 Å². The van der Waals surface area contributed by atoms with E-state index in [0.29, 0.717) is 6.54 Å². The Balaban J connectivity index is 1.35. The van der Waals surface area contributed by atoms with Crippen molar-refractivity contribution in [1.29, 1.82) is 0 Å². The molecule has 0 radical (unpaired) electrons. The van der Waals surface area contributed by atoms with Gasteiger partial charge >= 0.3 is 0 Å². The fourth-order valence-electron chi connectivity index (χ4n) is 4.70. The van der Waals surface area contributed by atoms with E-state index in [0.717, 1.165) is 23.1 Å². The van der Waals surface area contributed by atoms with E-state index in [1.54, 1.807) is 0 Å². The van der Waals surface area contributed by atoms with Crippen molar-refractivity contribution in [2.45, 2.75) is 31.5 Å². The molecule has 182 valence electrons. The third kappa shape index (κ3) is 6.70. The Labute approximate surface area is 209 Å². The quantitative estimate of drug-likeness (QED) is 0.298. The predicted molar refractivity (Wildman–Crippen MR) is 145 cm³/mol. The maximum atomic E-state index is 10.6. The number of hydrogen-bond donors (Lipinski definition) is 2. The van der Waals surface area contributed by atoms with Crippen LogP contribution in [0.3, 0.4) is 0 Å². The minimum atomic E-state index is -0.613. The van der Waals surface area contributed by atoms with E-state index in [1.165, 1.54) is 11.1 Å². The lowest BCUT2D eigenvalue weighted by Crippen LogP contribution is -2.51. The molecule has 2 N–H and O–H groups in total. The van der Waals surface area contributed by atoms with Gasteiger partial charge in [0.05, 0.1) is 6.04 Å². The van der Waals surface area contributed by atoms with Crippen molar-refractivity contribution in [3.63, 3.8) is 0 Å². The number of aliphatic hydroxyl groups is 1. The zero-order chi connectivity index (χ0) is 24.7. The molecular formula is C31H36N2O2. The molecule has 0 aliphatic carbocycles. The molecule has 1 unspecified atom stereocenters. The molecule has 0 saturated heterocycles. The lowest BCUT2D eigenvalue weighted by atomic mass is 9.95. The Morgan fingerprint density at radius 2 is 1.37 bits per heavy atom. The second-order valence-electron chi connectivity index (χ2n) is 9.85. The summed E-state index contributed by atoms with van der Waals surface area (Å²) < 4.78 is 5.98. The van der Waals surface area contributed by atoms with Gasteiger partial charge in [-0.25, -0.2) is 0 Å². The molecule has 0 heterocycles. The summed E-state index contributed by atoms with van der Waals surface area (Å²) in [5, 5.41) is 16.4. The van der Waals surface area contributed by atoms with Gasteiger partial charge in [-0.2, -0.15) is 0 Å². The Kier molecular flexibility index (Phi) is 8.19. The summed E-state index contributed by atoms with van der Waals surface area (Å²) in [5.41, 5.74) is 2.32. The number of nitrogens with zero attached hydrogens (tertiary/aromatic N) is 1. The van der Waals surface area contributed by atoms with Crippen LogP contribution in [0, 0.1) is 0 Å². The Morgan fingerprint density at radius 3 is 2.03 bits per heavy atom. The number of likely N-dealkylation sites (N-methyl/N-ethyl adjacent to an activating group) is 1. The molecule has 1 atom stereocenters. The summed E-state index contributed by atoms with van der Waals surface area (Å²) in [6.45, 7) is 5.85. The fraction of sp³-hybridized carbons (Fsp3) is 0.290. The molecule has 4 aromatic rings. The maximum absolute atomic E-state index is 10.6. The smallest absolute Gasteiger partial charge is 0.127 e. The van der Waals surface area contributed by atoms with Crippen molar-refractivity contribution < 1.29 is 9.84 Å². The number of rotatable bonds is 11. The molecule has 0 aliphatic heterocycles. The summed E-state index contributed by atoms with van der Waals surface area (Å²) in [6, 6.07) is 35.5. The van der Waals surface area contributed by atoms with Crippen LogP contribution in [-0.2, 0) is 0 Å². The van der Waals surface area contributed by atoms with Crippen LogP contribution < -0.4 is 10.1 Å². The zero-order valence-corrected chi connectivity index (χ0v) is 20.9. The topological polar surface area (TPSA) is 44.7 Å². The van der Waals surface area contributed by atoms with Crippen molar-refractivity contribution in [1.82, 2.24) is 10.2 Å². The van der Waals surface area contributed by atoms with E-state index in [-0.39, 0.29) is 18.2 Å². The minimum Gasteiger partial charge on any atom is -0.490 e. The largest absolute Gasteiger partial charge is 0.490 e. The van der Waals surface area contributed by atoms with Crippen molar-refractivity contribution >= 4 is 10.8 Å². The SMILES string of the molecule is CN(CC(C)(C)NCC(O)COc1cccc2ccccc12)C(c1ccccc1)c1ccccc1. The third-order valence-corrected chi connectivity index (χ3v) is 6.31. The summed E-state index contributed by atoms with van der Waals surface area (Å²) in [4.78, 5) is 2.37. The van der Waals surface area contributed by atoms with E-state index in [2.05, 4.69) is 104 Å². The Hall–Kier alpha value is -3.18. The van der Waals surface area contributed by atoms with E-state index >= 15 is 0 Å². The van der Waals surface area contributed by atoms with Gasteiger partial charge in [-0.3, -0.25) is 4.90 Å². The first-order valence-corrected chi connectivity index (χ1v) is 12.3. The molecule has 0 aliphatic rings. The molecule has 4 aromatic carbocycles. The Morgan fingerprint density at radius 1 is 0.800 bits per heavy atom.